The molecule has 0 spiro atoms. The van der Waals surface area contributed by atoms with Gasteiger partial charge in [0.05, 0.1) is 0 Å². The Morgan fingerprint density at radius 1 is 1.04 bits per heavy atom. The molecule has 3 saturated carbocycles. The van der Waals surface area contributed by atoms with Gasteiger partial charge in [-0.15, -0.1) is 0 Å². The lowest BCUT2D eigenvalue weighted by molar-refractivity contribution is -0.149. The summed E-state index contributed by atoms with van der Waals surface area (Å²) in [4.78, 5) is 36.8. The van der Waals surface area contributed by atoms with Gasteiger partial charge in [0.25, 0.3) is 0 Å². The predicted molar refractivity (Wildman–Crippen MR) is 102 cm³/mol. The third-order valence-electron chi connectivity index (χ3n) is 8.72. The highest BCUT2D eigenvalue weighted by atomic mass is 16.5. The van der Waals surface area contributed by atoms with Crippen LogP contribution in [0.2, 0.25) is 0 Å². The number of carbonyl (C=O) groups excluding carboxylic acids is 3. The number of hydrogen-bond donors (Lipinski definition) is 0. The van der Waals surface area contributed by atoms with Crippen LogP contribution in [-0.2, 0) is 19.1 Å². The van der Waals surface area contributed by atoms with Crippen LogP contribution in [-0.4, -0.2) is 23.6 Å². The van der Waals surface area contributed by atoms with E-state index in [9.17, 15) is 14.4 Å². The van der Waals surface area contributed by atoms with E-state index < -0.39 is 0 Å². The maximum absolute atomic E-state index is 13.2. The molecule has 3 fully saturated rings. The lowest BCUT2D eigenvalue weighted by atomic mass is 9.47. The van der Waals surface area contributed by atoms with Crippen molar-refractivity contribution in [2.24, 2.45) is 34.5 Å². The van der Waals surface area contributed by atoms with Crippen LogP contribution < -0.4 is 0 Å². The molecular formula is C23H32O4. The van der Waals surface area contributed by atoms with Crippen molar-refractivity contribution in [3.63, 3.8) is 0 Å². The molecule has 4 rings (SSSR count). The topological polar surface area (TPSA) is 60.4 Å². The quantitative estimate of drug-likeness (QED) is 0.679. The van der Waals surface area contributed by atoms with Crippen LogP contribution in [0.25, 0.3) is 0 Å². The number of esters is 1. The van der Waals surface area contributed by atoms with Gasteiger partial charge in [0, 0.05) is 25.2 Å². The second kappa shape index (κ2) is 6.28. The molecule has 4 aliphatic carbocycles. The van der Waals surface area contributed by atoms with Gasteiger partial charge in [0.15, 0.2) is 5.78 Å². The van der Waals surface area contributed by atoms with Crippen LogP contribution >= 0.6 is 0 Å². The van der Waals surface area contributed by atoms with Crippen molar-refractivity contribution in [2.45, 2.75) is 78.7 Å². The summed E-state index contributed by atoms with van der Waals surface area (Å²) in [6, 6.07) is 0. The lowest BCUT2D eigenvalue weighted by Crippen LogP contribution is -2.54. The normalized spacial score (nSPS) is 46.0. The molecule has 27 heavy (non-hydrogen) atoms. The zero-order valence-electron chi connectivity index (χ0n) is 17.0. The molecule has 7 atom stereocenters. The number of carbonyl (C=O) groups is 3. The minimum absolute atomic E-state index is 0.0146. The molecule has 0 aromatic carbocycles. The first-order valence-electron chi connectivity index (χ1n) is 10.6. The number of Topliss-reactive ketones (excluding diaryl/α,β-unsaturated/α-hetero) is 1. The van der Waals surface area contributed by atoms with Crippen LogP contribution in [0.3, 0.4) is 0 Å². The molecule has 4 nitrogen and oxygen atoms in total. The van der Waals surface area contributed by atoms with E-state index in [1.54, 1.807) is 6.92 Å². The molecule has 0 N–H and O–H groups in total. The van der Waals surface area contributed by atoms with Crippen LogP contribution in [0.15, 0.2) is 11.6 Å². The minimum atomic E-state index is -0.237. The van der Waals surface area contributed by atoms with Crippen molar-refractivity contribution in [3.05, 3.63) is 11.6 Å². The van der Waals surface area contributed by atoms with Crippen molar-refractivity contribution in [1.29, 1.82) is 0 Å². The summed E-state index contributed by atoms with van der Waals surface area (Å²) >= 11 is 0. The predicted octanol–water partition coefficient (Wildman–Crippen LogP) is 4.27. The van der Waals surface area contributed by atoms with Gasteiger partial charge < -0.3 is 4.74 Å². The second-order valence-electron chi connectivity index (χ2n) is 9.99. The Hall–Kier alpha value is -1.45. The van der Waals surface area contributed by atoms with E-state index in [0.29, 0.717) is 24.0 Å². The minimum Gasteiger partial charge on any atom is -0.462 e. The first-order chi connectivity index (χ1) is 12.7. The van der Waals surface area contributed by atoms with Crippen molar-refractivity contribution in [3.8, 4) is 0 Å². The third kappa shape index (κ3) is 2.74. The van der Waals surface area contributed by atoms with Gasteiger partial charge in [-0.05, 0) is 74.2 Å². The van der Waals surface area contributed by atoms with E-state index in [1.807, 2.05) is 6.08 Å². The number of ether oxygens (including phenoxy) is 1. The zero-order valence-corrected chi connectivity index (χ0v) is 17.0. The summed E-state index contributed by atoms with van der Waals surface area (Å²) < 4.78 is 5.45. The Kier molecular flexibility index (Phi) is 4.40. The van der Waals surface area contributed by atoms with Crippen LogP contribution in [0.5, 0.6) is 0 Å². The zero-order chi connectivity index (χ0) is 19.6. The van der Waals surface area contributed by atoms with Gasteiger partial charge in [0.1, 0.15) is 11.9 Å². The fraction of sp³-hybridized carbons (Fsp3) is 0.783. The standard InChI is InChI=1S/C23H32O4/c1-13(24)17-5-6-18-21-19(8-10-23(17,18)4)22(3)9-7-16(27-14(2)25)11-15(22)12-20(21)26/h12,16-19,21H,5-11H2,1-4H3/t16-,17-,18+,19+,21+,22-,23-/m0/s1. The molecule has 148 valence electrons. The number of allylic oxidation sites excluding steroid dienone is 1. The van der Waals surface area contributed by atoms with Gasteiger partial charge in [-0.2, -0.15) is 0 Å². The summed E-state index contributed by atoms with van der Waals surface area (Å²) in [5.41, 5.74) is 1.21. The van der Waals surface area contributed by atoms with E-state index in [4.69, 9.17) is 4.74 Å². The van der Waals surface area contributed by atoms with Crippen LogP contribution in [0, 0.1) is 34.5 Å². The Morgan fingerprint density at radius 2 is 1.78 bits per heavy atom. The number of fused-ring (bicyclic) bond motifs is 5. The molecule has 0 aliphatic heterocycles. The average molecular weight is 373 g/mol. The molecule has 0 radical (unpaired) electrons. The van der Waals surface area contributed by atoms with E-state index in [2.05, 4.69) is 13.8 Å². The number of rotatable bonds is 2. The fourth-order valence-electron chi connectivity index (χ4n) is 7.37. The molecule has 0 aromatic rings. The van der Waals surface area contributed by atoms with Crippen molar-refractivity contribution < 1.29 is 19.1 Å². The lowest BCUT2D eigenvalue weighted by Gasteiger charge is -2.57. The second-order valence-corrected chi connectivity index (χ2v) is 9.99. The van der Waals surface area contributed by atoms with Crippen LogP contribution in [0.4, 0.5) is 0 Å². The molecule has 0 bridgehead atoms. The van der Waals surface area contributed by atoms with Gasteiger partial charge in [-0.25, -0.2) is 0 Å². The van der Waals surface area contributed by atoms with Gasteiger partial charge in [0.2, 0.25) is 0 Å². The Morgan fingerprint density at radius 3 is 2.44 bits per heavy atom. The number of ketones is 2. The largest absolute Gasteiger partial charge is 0.462 e. The van der Waals surface area contributed by atoms with Gasteiger partial charge >= 0.3 is 5.97 Å². The molecule has 0 aromatic heterocycles. The van der Waals surface area contributed by atoms with Gasteiger partial charge in [-0.1, -0.05) is 19.4 Å². The Bertz CT molecular complexity index is 722. The van der Waals surface area contributed by atoms with Crippen molar-refractivity contribution >= 4 is 17.5 Å². The van der Waals surface area contributed by atoms with E-state index >= 15 is 0 Å². The summed E-state index contributed by atoms with van der Waals surface area (Å²) in [5.74, 6) is 1.20. The van der Waals surface area contributed by atoms with E-state index in [0.717, 1.165) is 38.5 Å². The molecule has 0 amide bonds. The highest BCUT2D eigenvalue weighted by Crippen LogP contribution is 2.65. The summed E-state index contributed by atoms with van der Waals surface area (Å²) in [6.45, 7) is 7.77. The highest BCUT2D eigenvalue weighted by molar-refractivity contribution is 5.95. The molecule has 0 unspecified atom stereocenters. The molecule has 4 aliphatic rings. The fourth-order valence-corrected chi connectivity index (χ4v) is 7.37. The maximum Gasteiger partial charge on any atom is 0.302 e. The summed E-state index contributed by atoms with van der Waals surface area (Å²) in [6.07, 6.45) is 8.37. The molecule has 0 heterocycles. The van der Waals surface area contributed by atoms with E-state index in [1.165, 1.54) is 12.5 Å². The summed E-state index contributed by atoms with van der Waals surface area (Å²) in [7, 11) is 0. The summed E-state index contributed by atoms with van der Waals surface area (Å²) in [5, 5.41) is 0. The first-order valence-corrected chi connectivity index (χ1v) is 10.6. The monoisotopic (exact) mass is 372 g/mol. The molecule has 0 saturated heterocycles. The average Bonchev–Trinajstić information content (AvgIpc) is 2.93. The van der Waals surface area contributed by atoms with E-state index in [-0.39, 0.29) is 40.5 Å². The Labute approximate surface area is 162 Å². The first kappa shape index (κ1) is 18.9. The smallest absolute Gasteiger partial charge is 0.302 e. The van der Waals surface area contributed by atoms with Gasteiger partial charge in [-0.3, -0.25) is 14.4 Å². The third-order valence-corrected chi connectivity index (χ3v) is 8.72. The van der Waals surface area contributed by atoms with Crippen LogP contribution in [0.1, 0.15) is 72.6 Å². The Balaban J connectivity index is 1.65. The van der Waals surface area contributed by atoms with Crippen molar-refractivity contribution in [1.82, 2.24) is 0 Å². The molecule has 4 heteroatoms. The molecular weight excluding hydrogens is 340 g/mol. The number of hydrogen-bond acceptors (Lipinski definition) is 4. The maximum atomic E-state index is 13.2. The SMILES string of the molecule is CC(=O)O[C@H]1CC[C@@]2(C)C(=CC(=O)[C@@H]3[C@H]4CC[C@@H](C(C)=O)[C@]4(C)CC[C@H]32)C1. The van der Waals surface area contributed by atoms with Crippen molar-refractivity contribution in [2.75, 3.05) is 0 Å². The highest BCUT2D eigenvalue weighted by Gasteiger charge is 2.61.